The van der Waals surface area contributed by atoms with Crippen molar-refractivity contribution >= 4 is 34.9 Å². The van der Waals surface area contributed by atoms with Crippen molar-refractivity contribution in [1.82, 2.24) is 9.80 Å². The van der Waals surface area contributed by atoms with Crippen molar-refractivity contribution in [2.45, 2.75) is 26.7 Å². The minimum atomic E-state index is -0.714. The van der Waals surface area contributed by atoms with Crippen LogP contribution in [0.25, 0.3) is 0 Å². The summed E-state index contributed by atoms with van der Waals surface area (Å²) >= 11 is 4.73. The van der Waals surface area contributed by atoms with Crippen LogP contribution in [-0.4, -0.2) is 52.6 Å². The summed E-state index contributed by atoms with van der Waals surface area (Å²) in [7, 11) is 1.59. The summed E-state index contributed by atoms with van der Waals surface area (Å²) in [6.07, 6.45) is 0.570. The van der Waals surface area contributed by atoms with Gasteiger partial charge >= 0.3 is 0 Å². The van der Waals surface area contributed by atoms with E-state index in [1.54, 1.807) is 20.9 Å². The van der Waals surface area contributed by atoms with Crippen molar-refractivity contribution in [2.75, 3.05) is 20.1 Å². The molecule has 2 N–H and O–H groups in total. The molecule has 0 aromatic carbocycles. The maximum atomic E-state index is 12.0. The predicted molar refractivity (Wildman–Crippen MR) is 74.2 cm³/mol. The summed E-state index contributed by atoms with van der Waals surface area (Å²) in [6.45, 7) is 3.57. The molecule has 1 fully saturated rings. The van der Waals surface area contributed by atoms with Gasteiger partial charge in [-0.05, 0) is 0 Å². The Morgan fingerprint density at radius 1 is 1.47 bits per heavy atom. The molecule has 6 nitrogen and oxygen atoms in total. The standard InChI is InChI=1S/C12H19N3O3S/c1-12(2)6-9(16)15(11(12)18)7-10(17)14(3)5-4-8(13)19/h4-7H2,1-3H3,(H2,13,19). The van der Waals surface area contributed by atoms with Crippen LogP contribution in [0.3, 0.4) is 0 Å². The highest BCUT2D eigenvalue weighted by Gasteiger charge is 2.45. The zero-order chi connectivity index (χ0) is 14.8. The van der Waals surface area contributed by atoms with E-state index in [9.17, 15) is 14.4 Å². The third-order valence-electron chi connectivity index (χ3n) is 3.13. The van der Waals surface area contributed by atoms with E-state index in [1.807, 2.05) is 0 Å². The number of nitrogens with zero attached hydrogens (tertiary/aromatic N) is 2. The molecule has 106 valence electrons. The number of hydrogen-bond donors (Lipinski definition) is 1. The summed E-state index contributed by atoms with van der Waals surface area (Å²) in [5.41, 5.74) is 4.65. The topological polar surface area (TPSA) is 83.7 Å². The maximum absolute atomic E-state index is 12.0. The van der Waals surface area contributed by atoms with Gasteiger partial charge in [0.15, 0.2) is 0 Å². The van der Waals surface area contributed by atoms with Gasteiger partial charge in [-0.1, -0.05) is 26.1 Å². The molecule has 1 heterocycles. The molecule has 0 aliphatic carbocycles. The molecule has 0 aromatic rings. The van der Waals surface area contributed by atoms with Gasteiger partial charge in [-0.3, -0.25) is 19.3 Å². The fourth-order valence-corrected chi connectivity index (χ4v) is 1.94. The first-order valence-electron chi connectivity index (χ1n) is 6.02. The lowest BCUT2D eigenvalue weighted by Gasteiger charge is -2.21. The zero-order valence-electron chi connectivity index (χ0n) is 11.4. The van der Waals surface area contributed by atoms with E-state index in [2.05, 4.69) is 0 Å². The molecule has 0 radical (unpaired) electrons. The van der Waals surface area contributed by atoms with E-state index >= 15 is 0 Å². The van der Waals surface area contributed by atoms with Gasteiger partial charge in [0.25, 0.3) is 0 Å². The first-order chi connectivity index (χ1) is 8.65. The van der Waals surface area contributed by atoms with Crippen LogP contribution in [-0.2, 0) is 14.4 Å². The smallest absolute Gasteiger partial charge is 0.242 e. The molecule has 1 aliphatic heterocycles. The average Bonchev–Trinajstić information content (AvgIpc) is 2.48. The van der Waals surface area contributed by atoms with Crippen LogP contribution in [0.5, 0.6) is 0 Å². The Kier molecular flexibility index (Phi) is 4.62. The number of imide groups is 1. The Balaban J connectivity index is 2.60. The van der Waals surface area contributed by atoms with Gasteiger partial charge in [0.05, 0.1) is 10.4 Å². The van der Waals surface area contributed by atoms with E-state index in [-0.39, 0.29) is 30.7 Å². The summed E-state index contributed by atoms with van der Waals surface area (Å²) in [4.78, 5) is 38.4. The molecule has 1 saturated heterocycles. The van der Waals surface area contributed by atoms with Gasteiger partial charge < -0.3 is 10.6 Å². The molecule has 0 spiro atoms. The van der Waals surface area contributed by atoms with Crippen molar-refractivity contribution in [1.29, 1.82) is 0 Å². The summed E-state index contributed by atoms with van der Waals surface area (Å²) in [5, 5.41) is 0. The van der Waals surface area contributed by atoms with E-state index in [1.165, 1.54) is 4.90 Å². The first kappa shape index (κ1) is 15.6. The number of likely N-dealkylation sites (tertiary alicyclic amines) is 1. The van der Waals surface area contributed by atoms with Gasteiger partial charge in [0, 0.05) is 26.4 Å². The molecule has 3 amide bonds. The fourth-order valence-electron chi connectivity index (χ4n) is 1.85. The Morgan fingerprint density at radius 3 is 2.47 bits per heavy atom. The second kappa shape index (κ2) is 5.64. The molecular formula is C12H19N3O3S. The number of carbonyl (C=O) groups excluding carboxylic acids is 3. The first-order valence-corrected chi connectivity index (χ1v) is 6.43. The molecule has 1 aliphatic rings. The van der Waals surface area contributed by atoms with Crippen molar-refractivity contribution in [2.24, 2.45) is 11.1 Å². The third kappa shape index (κ3) is 3.73. The summed E-state index contributed by atoms with van der Waals surface area (Å²) in [5.74, 6) is -0.893. The van der Waals surface area contributed by atoms with Crippen LogP contribution in [0.1, 0.15) is 26.7 Å². The van der Waals surface area contributed by atoms with Gasteiger partial charge in [-0.25, -0.2) is 0 Å². The summed E-state index contributed by atoms with van der Waals surface area (Å²) < 4.78 is 0. The maximum Gasteiger partial charge on any atom is 0.242 e. The fraction of sp³-hybridized carbons (Fsp3) is 0.667. The molecular weight excluding hydrogens is 266 g/mol. The van der Waals surface area contributed by atoms with Gasteiger partial charge in [0.1, 0.15) is 6.54 Å². The molecule has 0 saturated carbocycles. The largest absolute Gasteiger partial charge is 0.393 e. The van der Waals surface area contributed by atoms with Crippen molar-refractivity contribution in [3.63, 3.8) is 0 Å². The van der Waals surface area contributed by atoms with E-state index < -0.39 is 5.41 Å². The molecule has 0 bridgehead atoms. The van der Waals surface area contributed by atoms with Gasteiger partial charge in [-0.15, -0.1) is 0 Å². The molecule has 0 aromatic heterocycles. The molecule has 1 rings (SSSR count). The number of hydrogen-bond acceptors (Lipinski definition) is 4. The number of amides is 3. The second-order valence-corrected chi connectivity index (χ2v) is 5.90. The minimum Gasteiger partial charge on any atom is -0.393 e. The average molecular weight is 285 g/mol. The third-order valence-corrected chi connectivity index (χ3v) is 3.34. The lowest BCUT2D eigenvalue weighted by Crippen LogP contribution is -2.43. The Morgan fingerprint density at radius 2 is 2.05 bits per heavy atom. The highest BCUT2D eigenvalue weighted by Crippen LogP contribution is 2.31. The van der Waals surface area contributed by atoms with E-state index in [0.29, 0.717) is 18.0 Å². The van der Waals surface area contributed by atoms with E-state index in [4.69, 9.17) is 18.0 Å². The van der Waals surface area contributed by atoms with Crippen LogP contribution in [0.4, 0.5) is 0 Å². The van der Waals surface area contributed by atoms with Crippen molar-refractivity contribution in [3.05, 3.63) is 0 Å². The molecule has 7 heteroatoms. The van der Waals surface area contributed by atoms with Crippen molar-refractivity contribution in [3.8, 4) is 0 Å². The Labute approximate surface area is 117 Å². The van der Waals surface area contributed by atoms with Crippen LogP contribution in [0, 0.1) is 5.41 Å². The van der Waals surface area contributed by atoms with Crippen LogP contribution < -0.4 is 5.73 Å². The number of nitrogens with two attached hydrogens (primary N) is 1. The predicted octanol–water partition coefficient (Wildman–Crippen LogP) is -0.0939. The van der Waals surface area contributed by atoms with Crippen LogP contribution in [0.15, 0.2) is 0 Å². The van der Waals surface area contributed by atoms with Crippen LogP contribution in [0.2, 0.25) is 0 Å². The van der Waals surface area contributed by atoms with E-state index in [0.717, 1.165) is 4.90 Å². The second-order valence-electron chi connectivity index (χ2n) is 5.38. The van der Waals surface area contributed by atoms with Crippen LogP contribution >= 0.6 is 12.2 Å². The number of thiocarbonyl (C=S) groups is 1. The quantitative estimate of drug-likeness (QED) is 0.563. The lowest BCUT2D eigenvalue weighted by atomic mass is 9.92. The Hall–Kier alpha value is -1.50. The summed E-state index contributed by atoms with van der Waals surface area (Å²) in [6, 6.07) is 0. The SMILES string of the molecule is CN(CCC(N)=S)C(=O)CN1C(=O)CC(C)(C)C1=O. The normalized spacial score (nSPS) is 17.7. The number of likely N-dealkylation sites (N-methyl/N-ethyl adjacent to an activating group) is 1. The number of carbonyl (C=O) groups is 3. The van der Waals surface area contributed by atoms with Gasteiger partial charge in [0.2, 0.25) is 17.7 Å². The van der Waals surface area contributed by atoms with Crippen molar-refractivity contribution < 1.29 is 14.4 Å². The zero-order valence-corrected chi connectivity index (χ0v) is 12.2. The minimum absolute atomic E-state index is 0.149. The van der Waals surface area contributed by atoms with Gasteiger partial charge in [-0.2, -0.15) is 0 Å². The molecule has 0 atom stereocenters. The molecule has 0 unspecified atom stereocenters. The number of rotatable bonds is 5. The molecule has 19 heavy (non-hydrogen) atoms. The lowest BCUT2D eigenvalue weighted by molar-refractivity contribution is -0.146. The highest BCUT2D eigenvalue weighted by atomic mass is 32.1. The highest BCUT2D eigenvalue weighted by molar-refractivity contribution is 7.80. The monoisotopic (exact) mass is 285 g/mol. The Bertz CT molecular complexity index is 434.